The van der Waals surface area contributed by atoms with Gasteiger partial charge >= 0.3 is 11.9 Å². The standard InChI is InChI=1S/C50H80N6O13S/c1-15-31(8)36-22-23-41(57)69-44(30(6)7)43(58)32(9)45(59)52-37(25-28(2)3)48(62)56-24-16-17-38(56)49(63)54(11)40(27-34-18-20-35(67-13)21-19-34)50(64)68-33(10)42(47(61)51-36)53-46(60)39(26-29(4)5)55(12)70(14,65)66/h18-21,28-33,36-40,42,44H,15-17,22-27H2,1-14H3,(H,51,61)(H,52,59)(H,53,60)/t31-,32-,33+,36-,37-,38-,39+,40-,42-,44-/m0/s1. The molecule has 19 nitrogen and oxygen atoms in total. The van der Waals surface area contributed by atoms with E-state index in [2.05, 4.69) is 16.0 Å². The smallest absolute Gasteiger partial charge is 0.329 e. The van der Waals surface area contributed by atoms with E-state index in [9.17, 15) is 46.8 Å². The number of carbonyl (C=O) groups is 8. The molecule has 0 radical (unpaired) electrons. The first-order valence-corrected chi connectivity index (χ1v) is 26.5. The average Bonchev–Trinajstić information content (AvgIpc) is 3.79. The highest BCUT2D eigenvalue weighted by atomic mass is 32.2. The summed E-state index contributed by atoms with van der Waals surface area (Å²) in [6.45, 7) is 17.4. The molecule has 0 saturated carbocycles. The molecule has 3 N–H and O–H groups in total. The van der Waals surface area contributed by atoms with Crippen LogP contribution in [0.5, 0.6) is 5.75 Å². The van der Waals surface area contributed by atoms with E-state index in [0.29, 0.717) is 24.2 Å². The summed E-state index contributed by atoms with van der Waals surface area (Å²) in [5, 5.41) is 8.39. The Morgan fingerprint density at radius 1 is 0.900 bits per heavy atom. The van der Waals surface area contributed by atoms with E-state index in [1.54, 1.807) is 38.1 Å². The SMILES string of the molecule is CC[C@H](C)[C@@H]1CCC(=O)O[C@@H](C(C)C)C(=O)[C@H](C)C(=O)N[C@@H](CC(C)C)C(=O)N2CCC[C@H]2C(=O)N(C)[C@@H](Cc2ccc(OC)cc2)C(=O)O[C@H](C)[C@H](NC(=O)[C@@H](CC(C)C)N(C)S(C)(=O)=O)C(=O)N1. The quantitative estimate of drug-likeness (QED) is 0.179. The minimum atomic E-state index is -3.92. The van der Waals surface area contributed by atoms with Gasteiger partial charge in [0.05, 0.1) is 19.3 Å². The summed E-state index contributed by atoms with van der Waals surface area (Å²) in [7, 11) is 0.259. The number of sulfonamides is 1. The van der Waals surface area contributed by atoms with Crippen LogP contribution in [-0.4, -0.2) is 152 Å². The van der Waals surface area contributed by atoms with E-state index in [0.717, 1.165) is 10.6 Å². The number of fused-ring (bicyclic) bond motifs is 1. The molecule has 1 aromatic rings. The molecule has 1 aromatic carbocycles. The van der Waals surface area contributed by atoms with Crippen molar-refractivity contribution in [2.75, 3.05) is 34.0 Å². The van der Waals surface area contributed by atoms with Gasteiger partial charge in [-0.15, -0.1) is 0 Å². The Morgan fingerprint density at radius 3 is 2.07 bits per heavy atom. The number of nitrogens with zero attached hydrogens (tertiary/aromatic N) is 3. The second kappa shape index (κ2) is 26.4. The molecule has 0 aliphatic carbocycles. The van der Waals surface area contributed by atoms with Gasteiger partial charge in [0.15, 0.2) is 11.9 Å². The Bertz CT molecular complexity index is 2120. The van der Waals surface area contributed by atoms with Gasteiger partial charge in [0.25, 0.3) is 0 Å². The highest BCUT2D eigenvalue weighted by Gasteiger charge is 2.44. The summed E-state index contributed by atoms with van der Waals surface area (Å²) in [6, 6.07) is -0.356. The van der Waals surface area contributed by atoms with Crippen molar-refractivity contribution in [2.24, 2.45) is 29.6 Å². The Labute approximate surface area is 415 Å². The third-order valence-electron chi connectivity index (χ3n) is 13.4. The molecule has 5 amide bonds. The summed E-state index contributed by atoms with van der Waals surface area (Å²) in [5.74, 6) is -7.79. The zero-order valence-electron chi connectivity index (χ0n) is 43.7. The van der Waals surface area contributed by atoms with E-state index < -0.39 is 118 Å². The number of ether oxygens (including phenoxy) is 3. The van der Waals surface area contributed by atoms with Crippen molar-refractivity contribution >= 4 is 57.3 Å². The fourth-order valence-corrected chi connectivity index (χ4v) is 9.37. The first kappa shape index (κ1) is 59.2. The molecule has 0 spiro atoms. The number of benzene rings is 1. The number of esters is 2. The highest BCUT2D eigenvalue weighted by molar-refractivity contribution is 7.88. The van der Waals surface area contributed by atoms with E-state index >= 15 is 0 Å². The lowest BCUT2D eigenvalue weighted by molar-refractivity contribution is -0.162. The second-order valence-electron chi connectivity index (χ2n) is 20.3. The van der Waals surface area contributed by atoms with Crippen LogP contribution in [0, 0.1) is 29.6 Å². The van der Waals surface area contributed by atoms with Gasteiger partial charge in [-0.3, -0.25) is 33.6 Å². The van der Waals surface area contributed by atoms with Crippen LogP contribution in [0.25, 0.3) is 0 Å². The molecule has 20 heteroatoms. The number of ketones is 1. The van der Waals surface area contributed by atoms with Crippen molar-refractivity contribution in [1.82, 2.24) is 30.1 Å². The zero-order chi connectivity index (χ0) is 52.9. The van der Waals surface area contributed by atoms with Crippen LogP contribution >= 0.6 is 0 Å². The fourth-order valence-electron chi connectivity index (χ4n) is 8.73. The number of amides is 5. The summed E-state index contributed by atoms with van der Waals surface area (Å²) >= 11 is 0. The summed E-state index contributed by atoms with van der Waals surface area (Å²) in [6.07, 6.45) is -0.685. The molecular weight excluding hydrogens is 925 g/mol. The zero-order valence-corrected chi connectivity index (χ0v) is 44.6. The predicted molar refractivity (Wildman–Crippen MR) is 262 cm³/mol. The first-order chi connectivity index (χ1) is 32.6. The van der Waals surface area contributed by atoms with Gasteiger partial charge in [-0.1, -0.05) is 73.9 Å². The van der Waals surface area contributed by atoms with Crippen molar-refractivity contribution in [3.05, 3.63) is 29.8 Å². The lowest BCUT2D eigenvalue weighted by Gasteiger charge is -2.35. The fraction of sp³-hybridized carbons (Fsp3) is 0.720. The number of hydrogen-bond acceptors (Lipinski definition) is 13. The Kier molecular flexibility index (Phi) is 22.3. The summed E-state index contributed by atoms with van der Waals surface area (Å²) in [5.41, 5.74) is 0.604. The normalized spacial score (nSPS) is 26.4. The van der Waals surface area contributed by atoms with E-state index in [-0.39, 0.29) is 62.8 Å². The summed E-state index contributed by atoms with van der Waals surface area (Å²) in [4.78, 5) is 117. The van der Waals surface area contributed by atoms with E-state index in [4.69, 9.17) is 14.2 Å². The predicted octanol–water partition coefficient (Wildman–Crippen LogP) is 3.41. The number of carbonyl (C=O) groups excluding carboxylic acids is 8. The first-order valence-electron chi connectivity index (χ1n) is 24.6. The van der Waals surface area contributed by atoms with Gasteiger partial charge in [0, 0.05) is 39.5 Å². The van der Waals surface area contributed by atoms with Crippen molar-refractivity contribution < 1.29 is 61.0 Å². The van der Waals surface area contributed by atoms with Gasteiger partial charge in [-0.2, -0.15) is 4.31 Å². The van der Waals surface area contributed by atoms with Crippen LogP contribution in [0.2, 0.25) is 0 Å². The maximum Gasteiger partial charge on any atom is 0.329 e. The minimum Gasteiger partial charge on any atom is -0.497 e. The number of methoxy groups -OCH3 is 1. The van der Waals surface area contributed by atoms with Crippen LogP contribution in [0.3, 0.4) is 0 Å². The van der Waals surface area contributed by atoms with Crippen LogP contribution in [-0.2, 0) is 64.3 Å². The Morgan fingerprint density at radius 2 is 1.53 bits per heavy atom. The molecule has 0 unspecified atom stereocenters. The summed E-state index contributed by atoms with van der Waals surface area (Å²) < 4.78 is 43.7. The topological polar surface area (TPSA) is 244 Å². The molecule has 70 heavy (non-hydrogen) atoms. The van der Waals surface area contributed by atoms with Crippen molar-refractivity contribution in [2.45, 2.75) is 169 Å². The van der Waals surface area contributed by atoms with Gasteiger partial charge in [0.1, 0.15) is 42.1 Å². The number of hydrogen-bond donors (Lipinski definition) is 3. The van der Waals surface area contributed by atoms with Gasteiger partial charge < -0.3 is 40.0 Å². The van der Waals surface area contributed by atoms with Crippen LogP contribution < -0.4 is 20.7 Å². The largest absolute Gasteiger partial charge is 0.497 e. The average molecular weight is 1010 g/mol. The lowest BCUT2D eigenvalue weighted by atomic mass is 9.92. The monoisotopic (exact) mass is 1000 g/mol. The third kappa shape index (κ3) is 16.2. The molecule has 2 aliphatic rings. The van der Waals surface area contributed by atoms with Gasteiger partial charge in [0.2, 0.25) is 39.6 Å². The molecule has 0 aromatic heterocycles. The molecule has 0 bridgehead atoms. The minimum absolute atomic E-state index is 0.0176. The molecule has 394 valence electrons. The second-order valence-corrected chi connectivity index (χ2v) is 22.3. The Hall–Kier alpha value is -5.11. The van der Waals surface area contributed by atoms with Crippen LogP contribution in [0.1, 0.15) is 120 Å². The molecule has 2 saturated heterocycles. The number of rotatable bonds is 14. The van der Waals surface area contributed by atoms with Crippen molar-refractivity contribution in [3.63, 3.8) is 0 Å². The number of Topliss-reactive ketones (excluding diaryl/α,β-unsaturated/α-hetero) is 1. The van der Waals surface area contributed by atoms with E-state index in [1.807, 2.05) is 41.5 Å². The Balaban J connectivity index is 2.26. The van der Waals surface area contributed by atoms with Crippen molar-refractivity contribution in [1.29, 1.82) is 0 Å². The molecular formula is C50H80N6O13S. The molecule has 2 heterocycles. The van der Waals surface area contributed by atoms with Crippen LogP contribution in [0.4, 0.5) is 0 Å². The molecule has 2 fully saturated rings. The maximum atomic E-state index is 14.7. The molecule has 2 aliphatic heterocycles. The van der Waals surface area contributed by atoms with Crippen molar-refractivity contribution in [3.8, 4) is 5.75 Å². The van der Waals surface area contributed by atoms with Gasteiger partial charge in [-0.25, -0.2) is 13.2 Å². The molecule has 3 rings (SSSR count). The maximum absolute atomic E-state index is 14.7. The third-order valence-corrected chi connectivity index (χ3v) is 14.7. The number of nitrogens with one attached hydrogen (secondary N) is 3. The number of likely N-dealkylation sites (N-methyl/N-ethyl adjacent to an activating group) is 2. The number of cyclic esters (lactones) is 2. The lowest BCUT2D eigenvalue weighted by Crippen LogP contribution is -2.60. The molecule has 10 atom stereocenters. The van der Waals surface area contributed by atoms with E-state index in [1.165, 1.54) is 44.9 Å². The van der Waals surface area contributed by atoms with Gasteiger partial charge in [-0.05, 0) is 87.3 Å². The highest BCUT2D eigenvalue weighted by Crippen LogP contribution is 2.26. The van der Waals surface area contributed by atoms with Crippen LogP contribution in [0.15, 0.2) is 24.3 Å².